The fourth-order valence-corrected chi connectivity index (χ4v) is 3.06. The van der Waals surface area contributed by atoms with E-state index in [9.17, 15) is 4.79 Å². The minimum Gasteiger partial charge on any atom is -0.387 e. The highest BCUT2D eigenvalue weighted by molar-refractivity contribution is 6.07. The Kier molecular flexibility index (Phi) is 4.65. The molecule has 0 saturated heterocycles. The number of anilines is 1. The minimum absolute atomic E-state index is 0.188. The molecule has 7 heteroatoms. The largest absolute Gasteiger partial charge is 0.387 e. The van der Waals surface area contributed by atoms with E-state index in [1.165, 1.54) is 0 Å². The number of nitrogens with zero attached hydrogens (tertiary/aromatic N) is 4. The Morgan fingerprint density at radius 3 is 3.07 bits per heavy atom. The van der Waals surface area contributed by atoms with Crippen LogP contribution in [-0.4, -0.2) is 39.0 Å². The predicted octanol–water partition coefficient (Wildman–Crippen LogP) is 2.23. The quantitative estimate of drug-likeness (QED) is 0.819. The van der Waals surface area contributed by atoms with Gasteiger partial charge in [0.2, 0.25) is 0 Å². The van der Waals surface area contributed by atoms with Gasteiger partial charge in [-0.15, -0.1) is 0 Å². The van der Waals surface area contributed by atoms with Gasteiger partial charge in [0.25, 0.3) is 5.91 Å². The van der Waals surface area contributed by atoms with Crippen molar-refractivity contribution in [2.24, 2.45) is 12.0 Å². The number of rotatable bonds is 4. The monoisotopic (exact) mass is 360 g/mol. The molecule has 136 valence electrons. The summed E-state index contributed by atoms with van der Waals surface area (Å²) < 4.78 is 1.66. The van der Waals surface area contributed by atoms with E-state index in [1.54, 1.807) is 17.1 Å². The highest BCUT2D eigenvalue weighted by atomic mass is 16.2. The molecule has 0 aliphatic carbocycles. The lowest BCUT2D eigenvalue weighted by molar-refractivity contribution is -0.116. The lowest BCUT2D eigenvalue weighted by Gasteiger charge is -2.17. The van der Waals surface area contributed by atoms with Crippen LogP contribution in [-0.2, 0) is 11.8 Å². The van der Waals surface area contributed by atoms with E-state index in [-0.39, 0.29) is 5.91 Å². The maximum absolute atomic E-state index is 12.8. The third-order valence-corrected chi connectivity index (χ3v) is 4.34. The summed E-state index contributed by atoms with van der Waals surface area (Å²) in [5.41, 5.74) is 3.96. The van der Waals surface area contributed by atoms with Crippen molar-refractivity contribution in [1.29, 1.82) is 0 Å². The topological polar surface area (TPSA) is 84.2 Å². The summed E-state index contributed by atoms with van der Waals surface area (Å²) in [6.45, 7) is 0.772. The molecule has 2 N–H and O–H groups in total. The van der Waals surface area contributed by atoms with Crippen LogP contribution >= 0.6 is 0 Å². The highest BCUT2D eigenvalue weighted by Crippen LogP contribution is 2.25. The molecule has 0 spiro atoms. The summed E-state index contributed by atoms with van der Waals surface area (Å²) in [4.78, 5) is 21.8. The Labute approximate surface area is 157 Å². The van der Waals surface area contributed by atoms with Crippen molar-refractivity contribution in [2.75, 3.05) is 11.9 Å². The number of hydrogen-bond donors (Lipinski definition) is 2. The Balaban J connectivity index is 1.55. The first-order valence-electron chi connectivity index (χ1n) is 8.80. The first-order valence-corrected chi connectivity index (χ1v) is 8.80. The number of pyridine rings is 1. The molecular weight excluding hydrogens is 340 g/mol. The average Bonchev–Trinajstić information content (AvgIpc) is 3.09. The van der Waals surface area contributed by atoms with Crippen LogP contribution < -0.4 is 10.6 Å². The molecule has 1 amide bonds. The third-order valence-electron chi connectivity index (χ3n) is 4.34. The molecule has 0 radical (unpaired) electrons. The molecule has 0 aromatic carbocycles. The maximum atomic E-state index is 12.8. The number of carbonyl (C=O) groups excluding carboxylic acids is 1. The first-order chi connectivity index (χ1) is 13.2. The number of aryl methyl sites for hydroxylation is 1. The van der Waals surface area contributed by atoms with Gasteiger partial charge in [0.05, 0.1) is 11.4 Å². The van der Waals surface area contributed by atoms with Crippen molar-refractivity contribution in [3.63, 3.8) is 0 Å². The number of allylic oxidation sites excluding steroid dienone is 3. The summed E-state index contributed by atoms with van der Waals surface area (Å²) in [5.74, 6) is -0.188. The van der Waals surface area contributed by atoms with E-state index >= 15 is 0 Å². The van der Waals surface area contributed by atoms with Crippen LogP contribution in [0, 0.1) is 0 Å². The van der Waals surface area contributed by atoms with Crippen LogP contribution in [0.1, 0.15) is 6.42 Å². The van der Waals surface area contributed by atoms with Gasteiger partial charge in [-0.3, -0.25) is 19.5 Å². The number of hydrogen-bond acceptors (Lipinski definition) is 5. The third kappa shape index (κ3) is 3.72. The second-order valence-electron chi connectivity index (χ2n) is 6.32. The Morgan fingerprint density at radius 1 is 1.37 bits per heavy atom. The summed E-state index contributed by atoms with van der Waals surface area (Å²) in [7, 11) is 1.81. The van der Waals surface area contributed by atoms with E-state index < -0.39 is 6.04 Å². The van der Waals surface area contributed by atoms with Crippen LogP contribution in [0.4, 0.5) is 5.69 Å². The molecule has 0 fully saturated rings. The van der Waals surface area contributed by atoms with Gasteiger partial charge < -0.3 is 10.6 Å². The maximum Gasteiger partial charge on any atom is 0.253 e. The van der Waals surface area contributed by atoms with E-state index in [2.05, 4.69) is 31.8 Å². The number of aromatic nitrogens is 3. The van der Waals surface area contributed by atoms with Crippen molar-refractivity contribution in [1.82, 2.24) is 20.1 Å². The second-order valence-corrected chi connectivity index (χ2v) is 6.32. The van der Waals surface area contributed by atoms with Gasteiger partial charge in [0.1, 0.15) is 11.7 Å². The molecule has 0 saturated carbocycles. The molecule has 2 aliphatic heterocycles. The standard InChI is InChI=1S/C20H20N6O/c1-26-13-18(19(25-26)16-5-2-3-10-22-16)24-20(27)17-7-4-6-15(23-17)14-8-11-21-12-9-14/h2-5,7-11,13,17,21H,6,12H2,1H3,(H,24,27). The van der Waals surface area contributed by atoms with Gasteiger partial charge in [-0.1, -0.05) is 24.3 Å². The summed E-state index contributed by atoms with van der Waals surface area (Å²) >= 11 is 0. The summed E-state index contributed by atoms with van der Waals surface area (Å²) in [5, 5.41) is 10.5. The van der Waals surface area contributed by atoms with Crippen molar-refractivity contribution in [3.05, 3.63) is 66.7 Å². The molecule has 7 nitrogen and oxygen atoms in total. The summed E-state index contributed by atoms with van der Waals surface area (Å²) in [6, 6.07) is 5.04. The SMILES string of the molecule is Cn1cc(NC(=O)C2C=CCC(C3=CCNC=C3)=N2)c(-c2ccccn2)n1. The predicted molar refractivity (Wildman–Crippen MR) is 105 cm³/mol. The van der Waals surface area contributed by atoms with Crippen molar-refractivity contribution < 1.29 is 4.79 Å². The van der Waals surface area contributed by atoms with Crippen LogP contribution in [0.5, 0.6) is 0 Å². The number of dihydropyridines is 2. The number of nitrogens with one attached hydrogen (secondary N) is 2. The lowest BCUT2D eigenvalue weighted by atomic mass is 10.0. The van der Waals surface area contributed by atoms with E-state index in [0.717, 1.165) is 24.3 Å². The van der Waals surface area contributed by atoms with E-state index in [4.69, 9.17) is 0 Å². The van der Waals surface area contributed by atoms with Gasteiger partial charge in [0.15, 0.2) is 0 Å². The fraction of sp³-hybridized carbons (Fsp3) is 0.200. The lowest BCUT2D eigenvalue weighted by Crippen LogP contribution is -2.28. The minimum atomic E-state index is -0.560. The van der Waals surface area contributed by atoms with Crippen LogP contribution in [0.2, 0.25) is 0 Å². The molecule has 2 aliphatic rings. The molecule has 4 rings (SSSR count). The van der Waals surface area contributed by atoms with Gasteiger partial charge in [0, 0.05) is 38.1 Å². The van der Waals surface area contributed by atoms with Crippen molar-refractivity contribution in [3.8, 4) is 11.4 Å². The molecule has 4 heterocycles. The Morgan fingerprint density at radius 2 is 2.30 bits per heavy atom. The van der Waals surface area contributed by atoms with Crippen LogP contribution in [0.25, 0.3) is 11.4 Å². The first kappa shape index (κ1) is 17.0. The van der Waals surface area contributed by atoms with E-state index in [0.29, 0.717) is 17.1 Å². The molecule has 2 aromatic rings. The zero-order chi connectivity index (χ0) is 18.6. The average molecular weight is 360 g/mol. The smallest absolute Gasteiger partial charge is 0.253 e. The number of carbonyl (C=O) groups is 1. The Hall–Kier alpha value is -3.48. The molecule has 1 unspecified atom stereocenters. The zero-order valence-corrected chi connectivity index (χ0v) is 15.0. The van der Waals surface area contributed by atoms with Gasteiger partial charge in [-0.2, -0.15) is 5.10 Å². The second kappa shape index (κ2) is 7.41. The molecule has 1 atom stereocenters. The van der Waals surface area contributed by atoms with E-state index in [1.807, 2.05) is 49.7 Å². The summed E-state index contributed by atoms with van der Waals surface area (Å²) in [6.07, 6.45) is 14.0. The molecule has 2 aromatic heterocycles. The normalized spacial score (nSPS) is 18.5. The number of amides is 1. The zero-order valence-electron chi connectivity index (χ0n) is 15.0. The van der Waals surface area contributed by atoms with Crippen molar-refractivity contribution in [2.45, 2.75) is 12.5 Å². The number of aliphatic imine (C=N–C) groups is 1. The highest BCUT2D eigenvalue weighted by Gasteiger charge is 2.22. The molecular formula is C20H20N6O. The van der Waals surface area contributed by atoms with Crippen molar-refractivity contribution >= 4 is 17.3 Å². The van der Waals surface area contributed by atoms with Gasteiger partial charge in [-0.05, 0) is 30.0 Å². The van der Waals surface area contributed by atoms with Gasteiger partial charge >= 0.3 is 0 Å². The van der Waals surface area contributed by atoms with Crippen LogP contribution in [0.3, 0.4) is 0 Å². The molecule has 27 heavy (non-hydrogen) atoms. The molecule has 0 bridgehead atoms. The Bertz CT molecular complexity index is 968. The fourth-order valence-electron chi connectivity index (χ4n) is 3.06. The van der Waals surface area contributed by atoms with Crippen LogP contribution in [0.15, 0.2) is 71.7 Å². The van der Waals surface area contributed by atoms with Gasteiger partial charge in [-0.25, -0.2) is 0 Å².